The Labute approximate surface area is 222 Å². The van der Waals surface area contributed by atoms with E-state index < -0.39 is 6.10 Å². The van der Waals surface area contributed by atoms with Gasteiger partial charge in [-0.05, 0) is 79.9 Å². The van der Waals surface area contributed by atoms with Crippen molar-refractivity contribution in [3.8, 4) is 11.5 Å². The van der Waals surface area contributed by atoms with E-state index in [1.54, 1.807) is 24.3 Å². The third-order valence-electron chi connectivity index (χ3n) is 6.23. The number of aliphatic hydroxyl groups excluding tert-OH is 1. The lowest BCUT2D eigenvalue weighted by atomic mass is 10.1. The minimum absolute atomic E-state index is 0.0231. The van der Waals surface area contributed by atoms with Crippen molar-refractivity contribution in [1.29, 1.82) is 0 Å². The number of phenolic OH excluding ortho intramolecular Hbond substituents is 1. The molecule has 0 aliphatic carbocycles. The molecule has 0 bridgehead atoms. The second-order valence-electron chi connectivity index (χ2n) is 9.16. The first-order valence-electron chi connectivity index (χ1n) is 12.7. The average molecular weight is 522 g/mol. The smallest absolute Gasteiger partial charge is 0.321 e. The molecule has 2 amide bonds. The summed E-state index contributed by atoms with van der Waals surface area (Å²) in [4.78, 5) is 15.6. The number of likely N-dealkylation sites (tertiary alicyclic amines) is 1. The number of hydrogen-bond acceptors (Lipinski definition) is 6. The summed E-state index contributed by atoms with van der Waals surface area (Å²) >= 11 is 1.89. The highest BCUT2D eigenvalue weighted by Crippen LogP contribution is 2.30. The lowest BCUT2D eigenvalue weighted by Crippen LogP contribution is -2.41. The molecular formula is C29H35N3O4S. The Morgan fingerprint density at radius 3 is 2.41 bits per heavy atom. The highest BCUT2D eigenvalue weighted by molar-refractivity contribution is 8.00. The van der Waals surface area contributed by atoms with E-state index >= 15 is 0 Å². The molecular weight excluding hydrogens is 486 g/mol. The number of urea groups is 1. The lowest BCUT2D eigenvalue weighted by Gasteiger charge is -2.31. The third kappa shape index (κ3) is 9.00. The second kappa shape index (κ2) is 13.9. The molecule has 8 heteroatoms. The van der Waals surface area contributed by atoms with Crippen LogP contribution in [0.15, 0.2) is 83.8 Å². The number of carbonyl (C=O) groups is 1. The van der Waals surface area contributed by atoms with E-state index in [2.05, 4.69) is 34.9 Å². The fourth-order valence-corrected chi connectivity index (χ4v) is 5.25. The molecule has 0 radical (unpaired) electrons. The molecule has 196 valence electrons. The maximum Gasteiger partial charge on any atom is 0.321 e. The van der Waals surface area contributed by atoms with Crippen LogP contribution in [0.25, 0.3) is 0 Å². The number of carbonyl (C=O) groups excluding carboxylic acids is 1. The zero-order valence-electron chi connectivity index (χ0n) is 20.9. The van der Waals surface area contributed by atoms with Crippen molar-refractivity contribution < 1.29 is 19.7 Å². The van der Waals surface area contributed by atoms with Gasteiger partial charge in [0, 0.05) is 35.5 Å². The van der Waals surface area contributed by atoms with E-state index in [-0.39, 0.29) is 18.4 Å². The Balaban J connectivity index is 1.09. The van der Waals surface area contributed by atoms with Crippen LogP contribution in [0.5, 0.6) is 11.5 Å². The summed E-state index contributed by atoms with van der Waals surface area (Å²) in [6.07, 6.45) is 2.24. The number of aliphatic hydroxyl groups is 1. The van der Waals surface area contributed by atoms with Crippen molar-refractivity contribution in [3.63, 3.8) is 0 Å². The van der Waals surface area contributed by atoms with E-state index in [9.17, 15) is 15.0 Å². The number of thioether (sulfide) groups is 1. The molecule has 4 rings (SSSR count). The van der Waals surface area contributed by atoms with Crippen LogP contribution in [0, 0.1) is 0 Å². The summed E-state index contributed by atoms with van der Waals surface area (Å²) in [5, 5.41) is 26.2. The molecule has 3 aromatic rings. The molecule has 37 heavy (non-hydrogen) atoms. The van der Waals surface area contributed by atoms with Gasteiger partial charge in [-0.25, -0.2) is 4.79 Å². The average Bonchev–Trinajstić information content (AvgIpc) is 2.92. The predicted molar refractivity (Wildman–Crippen MR) is 149 cm³/mol. The molecule has 0 unspecified atom stereocenters. The number of ether oxygens (including phenoxy) is 1. The van der Waals surface area contributed by atoms with Crippen LogP contribution in [0.4, 0.5) is 10.5 Å². The molecule has 1 atom stereocenters. The van der Waals surface area contributed by atoms with Gasteiger partial charge in [0.25, 0.3) is 0 Å². The van der Waals surface area contributed by atoms with Crippen LogP contribution in [0.3, 0.4) is 0 Å². The van der Waals surface area contributed by atoms with E-state index in [4.69, 9.17) is 4.74 Å². The van der Waals surface area contributed by atoms with Crippen LogP contribution in [-0.4, -0.2) is 65.3 Å². The number of rotatable bonds is 11. The van der Waals surface area contributed by atoms with Crippen LogP contribution < -0.4 is 15.4 Å². The van der Waals surface area contributed by atoms with Crippen LogP contribution >= 0.6 is 11.8 Å². The van der Waals surface area contributed by atoms with E-state index in [1.165, 1.54) is 10.5 Å². The van der Waals surface area contributed by atoms with Gasteiger partial charge in [-0.1, -0.05) is 30.3 Å². The number of phenols is 1. The summed E-state index contributed by atoms with van der Waals surface area (Å²) in [6, 6.07) is 24.7. The molecule has 3 aromatic carbocycles. The van der Waals surface area contributed by atoms with Crippen molar-refractivity contribution in [2.45, 2.75) is 35.5 Å². The quantitative estimate of drug-likeness (QED) is 0.272. The van der Waals surface area contributed by atoms with Gasteiger partial charge >= 0.3 is 6.03 Å². The SMILES string of the molecule is O=C(Nc1ccccc1)N1CCC(Sc2ccc(CCNC[C@H](O)COc3ccc(O)cc3)cc2)CC1. The maximum atomic E-state index is 12.5. The Morgan fingerprint density at radius 2 is 1.70 bits per heavy atom. The van der Waals surface area contributed by atoms with Crippen molar-refractivity contribution in [3.05, 3.63) is 84.4 Å². The first-order chi connectivity index (χ1) is 18.0. The molecule has 1 heterocycles. The molecule has 0 saturated carbocycles. The van der Waals surface area contributed by atoms with Crippen molar-refractivity contribution in [2.24, 2.45) is 0 Å². The minimum atomic E-state index is -0.608. The fraction of sp³-hybridized carbons (Fsp3) is 0.345. The highest BCUT2D eigenvalue weighted by atomic mass is 32.2. The van der Waals surface area contributed by atoms with Crippen molar-refractivity contribution >= 4 is 23.5 Å². The molecule has 4 N–H and O–H groups in total. The number of aromatic hydroxyl groups is 1. The largest absolute Gasteiger partial charge is 0.508 e. The van der Waals surface area contributed by atoms with Gasteiger partial charge in [0.2, 0.25) is 0 Å². The summed E-state index contributed by atoms with van der Waals surface area (Å²) in [5.41, 5.74) is 2.08. The number of nitrogens with one attached hydrogen (secondary N) is 2. The summed E-state index contributed by atoms with van der Waals surface area (Å²) in [6.45, 7) is 2.96. The lowest BCUT2D eigenvalue weighted by molar-refractivity contribution is 0.106. The van der Waals surface area contributed by atoms with Crippen LogP contribution in [-0.2, 0) is 6.42 Å². The molecule has 0 spiro atoms. The Hall–Kier alpha value is -3.20. The van der Waals surface area contributed by atoms with E-state index in [0.29, 0.717) is 17.5 Å². The first kappa shape index (κ1) is 26.9. The number of para-hydroxylation sites is 1. The first-order valence-corrected chi connectivity index (χ1v) is 13.6. The van der Waals surface area contributed by atoms with Gasteiger partial charge in [0.1, 0.15) is 24.2 Å². The topological polar surface area (TPSA) is 94.1 Å². The summed E-state index contributed by atoms with van der Waals surface area (Å²) in [5.74, 6) is 0.807. The number of piperidine rings is 1. The van der Waals surface area contributed by atoms with Gasteiger partial charge in [-0.15, -0.1) is 11.8 Å². The normalized spacial score (nSPS) is 14.8. The molecule has 1 fully saturated rings. The Bertz CT molecular complexity index is 1090. The van der Waals surface area contributed by atoms with Gasteiger partial charge in [0.05, 0.1) is 0 Å². The number of amides is 2. The minimum Gasteiger partial charge on any atom is -0.508 e. The van der Waals surface area contributed by atoms with Crippen LogP contribution in [0.2, 0.25) is 0 Å². The third-order valence-corrected chi connectivity index (χ3v) is 7.58. The van der Waals surface area contributed by atoms with Crippen LogP contribution in [0.1, 0.15) is 18.4 Å². The number of benzene rings is 3. The van der Waals surface area contributed by atoms with Gasteiger partial charge in [-0.3, -0.25) is 0 Å². The Kier molecular flexibility index (Phi) is 10.1. The number of hydrogen-bond donors (Lipinski definition) is 4. The fourth-order valence-electron chi connectivity index (χ4n) is 4.12. The maximum absolute atomic E-state index is 12.5. The molecule has 1 aliphatic heterocycles. The molecule has 1 aliphatic rings. The van der Waals surface area contributed by atoms with Gasteiger partial charge < -0.3 is 30.5 Å². The summed E-state index contributed by atoms with van der Waals surface area (Å²) in [7, 11) is 0. The van der Waals surface area contributed by atoms with Crippen molar-refractivity contribution in [1.82, 2.24) is 10.2 Å². The molecule has 1 saturated heterocycles. The van der Waals surface area contributed by atoms with E-state index in [0.717, 1.165) is 44.6 Å². The molecule has 7 nitrogen and oxygen atoms in total. The molecule has 0 aromatic heterocycles. The monoisotopic (exact) mass is 521 g/mol. The zero-order valence-corrected chi connectivity index (χ0v) is 21.7. The number of anilines is 1. The standard InChI is InChI=1S/C29H35N3O4S/c33-24-8-10-26(11-9-24)36-21-25(34)20-30-17-14-22-6-12-27(13-7-22)37-28-15-18-32(19-16-28)29(35)31-23-4-2-1-3-5-23/h1-13,25,28,30,33-34H,14-21H2,(H,31,35)/t25-/m0/s1. The van der Waals surface area contributed by atoms with Gasteiger partial charge in [0.15, 0.2) is 0 Å². The van der Waals surface area contributed by atoms with Crippen molar-refractivity contribution in [2.75, 3.05) is 38.1 Å². The van der Waals surface area contributed by atoms with Gasteiger partial charge in [-0.2, -0.15) is 0 Å². The highest BCUT2D eigenvalue weighted by Gasteiger charge is 2.23. The Morgan fingerprint density at radius 1 is 1.00 bits per heavy atom. The summed E-state index contributed by atoms with van der Waals surface area (Å²) < 4.78 is 5.53. The van der Waals surface area contributed by atoms with E-state index in [1.807, 2.05) is 47.0 Å². The second-order valence-corrected chi connectivity index (χ2v) is 10.5. The predicted octanol–water partition coefficient (Wildman–Crippen LogP) is 4.75. The zero-order chi connectivity index (χ0) is 25.9. The number of nitrogens with zero attached hydrogens (tertiary/aromatic N) is 1.